The summed E-state index contributed by atoms with van der Waals surface area (Å²) >= 11 is 0. The van der Waals surface area contributed by atoms with Crippen LogP contribution >= 0.6 is 0 Å². The number of hydrogen-bond donors (Lipinski definition) is 1. The van der Waals surface area contributed by atoms with Crippen LogP contribution in [0.3, 0.4) is 0 Å². The van der Waals surface area contributed by atoms with Crippen molar-refractivity contribution in [2.24, 2.45) is 0 Å². The Balaban J connectivity index is 1.85. The molecule has 1 aromatic heterocycles. The fourth-order valence-electron chi connectivity index (χ4n) is 1.42. The first-order chi connectivity index (χ1) is 8.66. The molecule has 0 atom stereocenters. The summed E-state index contributed by atoms with van der Waals surface area (Å²) in [6.45, 7) is 0.553. The first-order valence-corrected chi connectivity index (χ1v) is 5.26. The number of hydrogen-bond acceptors (Lipinski definition) is 4. The van der Waals surface area contributed by atoms with Crippen molar-refractivity contribution in [2.75, 3.05) is 6.54 Å². The number of nitrogens with zero attached hydrogens (tertiary/aromatic N) is 2. The van der Waals surface area contributed by atoms with E-state index in [4.69, 9.17) is 4.52 Å². The van der Waals surface area contributed by atoms with Crippen LogP contribution in [0.5, 0.6) is 0 Å². The SMILES string of the molecule is Fc1cc(F)c(CNCCc2ncno2)cc1F. The van der Waals surface area contributed by atoms with Crippen LogP contribution in [-0.4, -0.2) is 16.7 Å². The lowest BCUT2D eigenvalue weighted by Crippen LogP contribution is -2.18. The zero-order valence-corrected chi connectivity index (χ0v) is 9.29. The molecule has 4 nitrogen and oxygen atoms in total. The Kier molecular flexibility index (Phi) is 3.93. The quantitative estimate of drug-likeness (QED) is 0.655. The Morgan fingerprint density at radius 3 is 2.61 bits per heavy atom. The molecule has 0 aliphatic rings. The molecular formula is C11H10F3N3O. The first kappa shape index (κ1) is 12.6. The van der Waals surface area contributed by atoms with Crippen molar-refractivity contribution in [3.8, 4) is 0 Å². The topological polar surface area (TPSA) is 51.0 Å². The summed E-state index contributed by atoms with van der Waals surface area (Å²) in [6.07, 6.45) is 1.76. The predicted molar refractivity (Wildman–Crippen MR) is 56.0 cm³/mol. The molecule has 0 saturated heterocycles. The summed E-state index contributed by atoms with van der Waals surface area (Å²) in [4.78, 5) is 3.80. The lowest BCUT2D eigenvalue weighted by atomic mass is 10.2. The molecule has 7 heteroatoms. The van der Waals surface area contributed by atoms with Crippen LogP contribution in [0.4, 0.5) is 13.2 Å². The molecule has 1 N–H and O–H groups in total. The van der Waals surface area contributed by atoms with Crippen LogP contribution in [-0.2, 0) is 13.0 Å². The molecule has 0 amide bonds. The molecule has 0 bridgehead atoms. The van der Waals surface area contributed by atoms with Gasteiger partial charge in [-0.3, -0.25) is 0 Å². The van der Waals surface area contributed by atoms with Crippen LogP contribution in [0.1, 0.15) is 11.5 Å². The van der Waals surface area contributed by atoms with E-state index >= 15 is 0 Å². The van der Waals surface area contributed by atoms with Crippen molar-refractivity contribution in [1.29, 1.82) is 0 Å². The van der Waals surface area contributed by atoms with Gasteiger partial charge in [0.15, 0.2) is 18.0 Å². The minimum absolute atomic E-state index is 0.0689. The third-order valence-corrected chi connectivity index (χ3v) is 2.33. The monoisotopic (exact) mass is 257 g/mol. The maximum Gasteiger partial charge on any atom is 0.227 e. The van der Waals surface area contributed by atoms with Crippen molar-refractivity contribution < 1.29 is 17.7 Å². The molecule has 1 heterocycles. The van der Waals surface area contributed by atoms with E-state index in [-0.39, 0.29) is 12.1 Å². The molecule has 1 aromatic carbocycles. The molecule has 0 fully saturated rings. The molecular weight excluding hydrogens is 247 g/mol. The Hall–Kier alpha value is -1.89. The van der Waals surface area contributed by atoms with Crippen molar-refractivity contribution in [2.45, 2.75) is 13.0 Å². The number of rotatable bonds is 5. The molecule has 0 aliphatic heterocycles. The van der Waals surface area contributed by atoms with Crippen LogP contribution in [0.2, 0.25) is 0 Å². The average molecular weight is 257 g/mol. The van der Waals surface area contributed by atoms with Gasteiger partial charge in [0, 0.05) is 31.1 Å². The maximum atomic E-state index is 13.2. The molecule has 0 unspecified atom stereocenters. The van der Waals surface area contributed by atoms with E-state index < -0.39 is 17.5 Å². The van der Waals surface area contributed by atoms with E-state index in [9.17, 15) is 13.2 Å². The standard InChI is InChI=1S/C11H10F3N3O/c12-8-4-10(14)9(13)3-7(8)5-15-2-1-11-16-6-17-18-11/h3-4,6,15H,1-2,5H2. The van der Waals surface area contributed by atoms with Gasteiger partial charge >= 0.3 is 0 Å². The van der Waals surface area contributed by atoms with E-state index in [1.54, 1.807) is 0 Å². The highest BCUT2D eigenvalue weighted by atomic mass is 19.2. The van der Waals surface area contributed by atoms with E-state index in [0.29, 0.717) is 24.9 Å². The average Bonchev–Trinajstić information content (AvgIpc) is 2.84. The van der Waals surface area contributed by atoms with Gasteiger partial charge in [0.25, 0.3) is 0 Å². The Bertz CT molecular complexity index is 517. The number of benzene rings is 1. The van der Waals surface area contributed by atoms with Gasteiger partial charge < -0.3 is 9.84 Å². The molecule has 2 rings (SSSR count). The van der Waals surface area contributed by atoms with Crippen molar-refractivity contribution in [1.82, 2.24) is 15.5 Å². The van der Waals surface area contributed by atoms with E-state index in [2.05, 4.69) is 15.5 Å². The molecule has 18 heavy (non-hydrogen) atoms. The fraction of sp³-hybridized carbons (Fsp3) is 0.273. The highest BCUT2D eigenvalue weighted by Gasteiger charge is 2.09. The van der Waals surface area contributed by atoms with Crippen LogP contribution in [0.15, 0.2) is 23.0 Å². The van der Waals surface area contributed by atoms with Crippen molar-refractivity contribution in [3.63, 3.8) is 0 Å². The maximum absolute atomic E-state index is 13.2. The normalized spacial score (nSPS) is 10.8. The number of aromatic nitrogens is 2. The summed E-state index contributed by atoms with van der Waals surface area (Å²) in [5.74, 6) is -2.58. The van der Waals surface area contributed by atoms with Gasteiger partial charge in [-0.05, 0) is 6.07 Å². The molecule has 0 aliphatic carbocycles. The van der Waals surface area contributed by atoms with Gasteiger partial charge in [0.1, 0.15) is 5.82 Å². The second-order valence-corrected chi connectivity index (χ2v) is 3.62. The summed E-state index contributed by atoms with van der Waals surface area (Å²) in [5, 5.41) is 6.30. The summed E-state index contributed by atoms with van der Waals surface area (Å²) < 4.78 is 43.6. The predicted octanol–water partition coefficient (Wildman–Crippen LogP) is 1.82. The molecule has 96 valence electrons. The lowest BCUT2D eigenvalue weighted by Gasteiger charge is -2.05. The fourth-order valence-corrected chi connectivity index (χ4v) is 1.42. The zero-order chi connectivity index (χ0) is 13.0. The van der Waals surface area contributed by atoms with Gasteiger partial charge in [-0.25, -0.2) is 13.2 Å². The Morgan fingerprint density at radius 1 is 1.11 bits per heavy atom. The Morgan fingerprint density at radius 2 is 1.89 bits per heavy atom. The van der Waals surface area contributed by atoms with Gasteiger partial charge in [0.2, 0.25) is 5.89 Å². The largest absolute Gasteiger partial charge is 0.340 e. The second kappa shape index (κ2) is 5.63. The molecule has 0 spiro atoms. The summed E-state index contributed by atoms with van der Waals surface area (Å²) in [7, 11) is 0. The smallest absolute Gasteiger partial charge is 0.227 e. The molecule has 0 saturated carbocycles. The highest BCUT2D eigenvalue weighted by molar-refractivity contribution is 5.19. The summed E-state index contributed by atoms with van der Waals surface area (Å²) in [5.41, 5.74) is 0.0689. The first-order valence-electron chi connectivity index (χ1n) is 5.26. The number of halogens is 3. The summed E-state index contributed by atoms with van der Waals surface area (Å²) in [6, 6.07) is 1.37. The van der Waals surface area contributed by atoms with Crippen LogP contribution in [0, 0.1) is 17.5 Å². The lowest BCUT2D eigenvalue weighted by molar-refractivity contribution is 0.374. The molecule has 2 aromatic rings. The van der Waals surface area contributed by atoms with Crippen LogP contribution in [0.25, 0.3) is 0 Å². The third kappa shape index (κ3) is 3.07. The van der Waals surface area contributed by atoms with Gasteiger partial charge in [-0.2, -0.15) is 4.98 Å². The van der Waals surface area contributed by atoms with Gasteiger partial charge in [-0.1, -0.05) is 5.16 Å². The van der Waals surface area contributed by atoms with Crippen molar-refractivity contribution in [3.05, 3.63) is 47.4 Å². The van der Waals surface area contributed by atoms with Gasteiger partial charge in [-0.15, -0.1) is 0 Å². The van der Waals surface area contributed by atoms with E-state index in [1.165, 1.54) is 6.33 Å². The Labute approximate surface area is 101 Å². The van der Waals surface area contributed by atoms with Crippen molar-refractivity contribution >= 4 is 0 Å². The van der Waals surface area contributed by atoms with E-state index in [1.807, 2.05) is 0 Å². The minimum atomic E-state index is -1.19. The number of nitrogens with one attached hydrogen (secondary N) is 1. The minimum Gasteiger partial charge on any atom is -0.340 e. The highest BCUT2D eigenvalue weighted by Crippen LogP contribution is 2.13. The molecule has 0 radical (unpaired) electrons. The third-order valence-electron chi connectivity index (χ3n) is 2.33. The second-order valence-electron chi connectivity index (χ2n) is 3.62. The van der Waals surface area contributed by atoms with E-state index in [0.717, 1.165) is 6.07 Å². The van der Waals surface area contributed by atoms with Crippen LogP contribution < -0.4 is 5.32 Å². The van der Waals surface area contributed by atoms with Gasteiger partial charge in [0.05, 0.1) is 0 Å². The zero-order valence-electron chi connectivity index (χ0n) is 9.29.